The lowest BCUT2D eigenvalue weighted by molar-refractivity contribution is 0.862. The maximum atomic E-state index is 4.74. The van der Waals surface area contributed by atoms with Crippen molar-refractivity contribution in [1.82, 2.24) is 15.0 Å². The number of halogens is 1. The Hall–Kier alpha value is -1.24. The van der Waals surface area contributed by atoms with E-state index in [1.807, 2.05) is 19.1 Å². The summed E-state index contributed by atoms with van der Waals surface area (Å²) in [4.78, 5) is 13.9. The van der Waals surface area contributed by atoms with Crippen molar-refractivity contribution in [2.45, 2.75) is 40.0 Å². The summed E-state index contributed by atoms with van der Waals surface area (Å²) >= 11 is 2.34. The summed E-state index contributed by atoms with van der Waals surface area (Å²) in [5.41, 5.74) is 3.07. The number of hydrogen-bond acceptors (Lipinski definition) is 4. The van der Waals surface area contributed by atoms with Gasteiger partial charge in [0, 0.05) is 12.7 Å². The number of anilines is 1. The summed E-state index contributed by atoms with van der Waals surface area (Å²) in [7, 11) is 0. The van der Waals surface area contributed by atoms with Crippen molar-refractivity contribution < 1.29 is 0 Å². The van der Waals surface area contributed by atoms with Gasteiger partial charge in [0.15, 0.2) is 5.82 Å². The van der Waals surface area contributed by atoms with Crippen LogP contribution >= 0.6 is 22.6 Å². The third-order valence-corrected chi connectivity index (χ3v) is 4.30. The highest BCUT2D eigenvalue weighted by atomic mass is 127. The molecule has 0 amide bonds. The van der Waals surface area contributed by atoms with Crippen molar-refractivity contribution in [1.29, 1.82) is 0 Å². The van der Waals surface area contributed by atoms with Crippen molar-refractivity contribution in [3.05, 3.63) is 33.2 Å². The van der Waals surface area contributed by atoms with Crippen LogP contribution in [0.3, 0.4) is 0 Å². The van der Waals surface area contributed by atoms with E-state index in [9.17, 15) is 0 Å². The van der Waals surface area contributed by atoms with Gasteiger partial charge in [-0.25, -0.2) is 9.97 Å². The number of nitrogens with zero attached hydrogens (tertiary/aromatic N) is 3. The monoisotopic (exact) mass is 396 g/mol. The zero-order valence-corrected chi connectivity index (χ0v) is 14.9. The lowest BCUT2D eigenvalue weighted by atomic mass is 10.2. The van der Waals surface area contributed by atoms with Crippen LogP contribution < -0.4 is 5.32 Å². The van der Waals surface area contributed by atoms with E-state index in [4.69, 9.17) is 9.97 Å². The molecule has 2 aromatic heterocycles. The smallest absolute Gasteiger partial charge is 0.180 e. The molecule has 0 unspecified atom stereocenters. The highest BCUT2D eigenvalue weighted by Crippen LogP contribution is 2.25. The van der Waals surface area contributed by atoms with E-state index in [-0.39, 0.29) is 0 Å². The van der Waals surface area contributed by atoms with Gasteiger partial charge in [0.1, 0.15) is 11.5 Å². The minimum Gasteiger partial charge on any atom is -0.369 e. The van der Waals surface area contributed by atoms with Crippen molar-refractivity contribution >= 4 is 28.4 Å². The van der Waals surface area contributed by atoms with Gasteiger partial charge >= 0.3 is 0 Å². The maximum Gasteiger partial charge on any atom is 0.180 e. The fraction of sp³-hybridized carbons (Fsp3) is 0.438. The molecule has 0 aromatic carbocycles. The quantitative estimate of drug-likeness (QED) is 0.743. The molecule has 0 spiro atoms. The predicted molar refractivity (Wildman–Crippen MR) is 95.5 cm³/mol. The van der Waals surface area contributed by atoms with Gasteiger partial charge in [0.2, 0.25) is 0 Å². The summed E-state index contributed by atoms with van der Waals surface area (Å²) in [6.07, 6.45) is 4.89. The minimum atomic E-state index is 0.718. The molecule has 0 bridgehead atoms. The van der Waals surface area contributed by atoms with Crippen LogP contribution in [0.15, 0.2) is 18.3 Å². The van der Waals surface area contributed by atoms with Gasteiger partial charge < -0.3 is 5.32 Å². The lowest BCUT2D eigenvalue weighted by Gasteiger charge is -2.13. The second kappa shape index (κ2) is 7.68. The van der Waals surface area contributed by atoms with E-state index in [0.29, 0.717) is 0 Å². The third kappa shape index (κ3) is 3.90. The van der Waals surface area contributed by atoms with Gasteiger partial charge in [-0.15, -0.1) is 0 Å². The first-order valence-electron chi connectivity index (χ1n) is 7.39. The molecule has 2 heterocycles. The van der Waals surface area contributed by atoms with Crippen LogP contribution in [0.2, 0.25) is 0 Å². The summed E-state index contributed by atoms with van der Waals surface area (Å²) in [5.74, 6) is 1.64. The van der Waals surface area contributed by atoms with Crippen LogP contribution in [0, 0.1) is 10.5 Å². The molecule has 0 aliphatic rings. The number of hydrogen-bond donors (Lipinski definition) is 1. The van der Waals surface area contributed by atoms with E-state index >= 15 is 0 Å². The van der Waals surface area contributed by atoms with Crippen molar-refractivity contribution in [3.8, 4) is 11.5 Å². The van der Waals surface area contributed by atoms with Crippen molar-refractivity contribution in [3.63, 3.8) is 0 Å². The molecule has 0 fully saturated rings. The molecule has 0 aliphatic heterocycles. The Morgan fingerprint density at radius 2 is 2.00 bits per heavy atom. The standard InChI is InChI=1S/C16H21IN4/c1-4-7-12-13(17)15(19-9-5-2)21-16(20-12)14-11(3)8-6-10-18-14/h6,8,10H,4-5,7,9H2,1-3H3,(H,19,20,21). The number of aromatic nitrogens is 3. The second-order valence-electron chi connectivity index (χ2n) is 5.00. The summed E-state index contributed by atoms with van der Waals surface area (Å²) in [5, 5.41) is 3.40. The highest BCUT2D eigenvalue weighted by molar-refractivity contribution is 14.1. The highest BCUT2D eigenvalue weighted by Gasteiger charge is 2.14. The number of rotatable bonds is 6. The molecule has 0 radical (unpaired) electrons. The fourth-order valence-electron chi connectivity index (χ4n) is 2.08. The Bertz CT molecular complexity index is 613. The Morgan fingerprint density at radius 1 is 1.19 bits per heavy atom. The zero-order chi connectivity index (χ0) is 15.2. The molecule has 0 saturated heterocycles. The Labute approximate surface area is 140 Å². The number of pyridine rings is 1. The van der Waals surface area contributed by atoms with E-state index in [1.165, 1.54) is 0 Å². The average Bonchev–Trinajstić information content (AvgIpc) is 2.49. The molecule has 0 atom stereocenters. The van der Waals surface area contributed by atoms with Gasteiger partial charge in [-0.3, -0.25) is 4.98 Å². The fourth-order valence-corrected chi connectivity index (χ4v) is 2.78. The van der Waals surface area contributed by atoms with E-state index in [0.717, 1.165) is 58.0 Å². The van der Waals surface area contributed by atoms with E-state index in [2.05, 4.69) is 46.7 Å². The first-order valence-corrected chi connectivity index (χ1v) is 8.47. The minimum absolute atomic E-state index is 0.718. The van der Waals surface area contributed by atoms with Crippen LogP contribution in [0.25, 0.3) is 11.5 Å². The Kier molecular flexibility index (Phi) is 5.90. The largest absolute Gasteiger partial charge is 0.369 e. The van der Waals surface area contributed by atoms with E-state index in [1.54, 1.807) is 6.20 Å². The van der Waals surface area contributed by atoms with Gasteiger partial charge in [-0.05, 0) is 54.0 Å². The van der Waals surface area contributed by atoms with E-state index < -0.39 is 0 Å². The zero-order valence-electron chi connectivity index (χ0n) is 12.8. The van der Waals surface area contributed by atoms with Crippen molar-refractivity contribution in [2.24, 2.45) is 0 Å². The molecule has 5 heteroatoms. The molecule has 2 rings (SSSR count). The van der Waals surface area contributed by atoms with Crippen LogP contribution in [0.4, 0.5) is 5.82 Å². The topological polar surface area (TPSA) is 50.7 Å². The van der Waals surface area contributed by atoms with Gasteiger partial charge in [-0.2, -0.15) is 0 Å². The Balaban J connectivity index is 2.50. The average molecular weight is 396 g/mol. The first-order chi connectivity index (χ1) is 10.2. The molecule has 4 nitrogen and oxygen atoms in total. The molecule has 112 valence electrons. The SMILES string of the molecule is CCCNc1nc(-c2ncccc2C)nc(CCC)c1I. The van der Waals surface area contributed by atoms with Gasteiger partial charge in [0.25, 0.3) is 0 Å². The lowest BCUT2D eigenvalue weighted by Crippen LogP contribution is -2.10. The molecular weight excluding hydrogens is 375 g/mol. The maximum absolute atomic E-state index is 4.74. The van der Waals surface area contributed by atoms with Crippen LogP contribution in [0.5, 0.6) is 0 Å². The summed E-state index contributed by atoms with van der Waals surface area (Å²) in [6, 6.07) is 3.98. The molecular formula is C16H21IN4. The second-order valence-corrected chi connectivity index (χ2v) is 6.08. The normalized spacial score (nSPS) is 10.7. The summed E-state index contributed by atoms with van der Waals surface area (Å²) < 4.78 is 1.13. The van der Waals surface area contributed by atoms with Gasteiger partial charge in [0.05, 0.1) is 9.26 Å². The number of nitrogens with one attached hydrogen (secondary N) is 1. The summed E-state index contributed by atoms with van der Waals surface area (Å²) in [6.45, 7) is 7.28. The predicted octanol–water partition coefficient (Wildman–Crippen LogP) is 4.23. The first kappa shape index (κ1) is 16.1. The molecule has 0 aliphatic carbocycles. The molecule has 21 heavy (non-hydrogen) atoms. The molecule has 0 saturated carbocycles. The van der Waals surface area contributed by atoms with Crippen LogP contribution in [-0.4, -0.2) is 21.5 Å². The van der Waals surface area contributed by atoms with Crippen molar-refractivity contribution in [2.75, 3.05) is 11.9 Å². The van der Waals surface area contributed by atoms with Crippen LogP contribution in [0.1, 0.15) is 37.9 Å². The molecule has 1 N–H and O–H groups in total. The third-order valence-electron chi connectivity index (χ3n) is 3.17. The van der Waals surface area contributed by atoms with Crippen LogP contribution in [-0.2, 0) is 6.42 Å². The molecule has 2 aromatic rings. The number of aryl methyl sites for hydroxylation is 2. The van der Waals surface area contributed by atoms with Gasteiger partial charge in [-0.1, -0.05) is 26.3 Å². The Morgan fingerprint density at radius 3 is 2.67 bits per heavy atom.